The number of rotatable bonds is 6. The first-order valence-electron chi connectivity index (χ1n) is 5.94. The van der Waals surface area contributed by atoms with Gasteiger partial charge in [-0.2, -0.15) is 4.98 Å². The lowest BCUT2D eigenvalue weighted by atomic mass is 10.1. The van der Waals surface area contributed by atoms with Crippen LogP contribution in [-0.2, 0) is 22.3 Å². The minimum absolute atomic E-state index is 0.0869. The molecule has 0 saturated carbocycles. The first kappa shape index (κ1) is 15.1. The number of benzene rings is 1. The van der Waals surface area contributed by atoms with E-state index in [4.69, 9.17) is 9.63 Å². The highest BCUT2D eigenvalue weighted by molar-refractivity contribution is 7.88. The SMILES string of the molecule is Cc1noc(CNS(=O)(=O)Cc2ccc(C(=O)O)cc2)n1. The fourth-order valence-electron chi connectivity index (χ4n) is 1.60. The third-order valence-corrected chi connectivity index (χ3v) is 3.87. The highest BCUT2D eigenvalue weighted by Gasteiger charge is 2.14. The number of carbonyl (C=O) groups is 1. The lowest BCUT2D eigenvalue weighted by Gasteiger charge is -2.05. The number of carboxylic acid groups (broad SMARTS) is 1. The molecule has 0 fully saturated rings. The maximum absolute atomic E-state index is 11.9. The van der Waals surface area contributed by atoms with E-state index in [2.05, 4.69) is 14.9 Å². The van der Waals surface area contributed by atoms with Crippen LogP contribution in [0.4, 0.5) is 0 Å². The van der Waals surface area contributed by atoms with Gasteiger partial charge in [-0.05, 0) is 24.6 Å². The molecule has 0 saturated heterocycles. The Balaban J connectivity index is 1.98. The minimum atomic E-state index is -3.58. The molecule has 1 heterocycles. The zero-order valence-corrected chi connectivity index (χ0v) is 11.9. The molecule has 0 radical (unpaired) electrons. The molecule has 0 bridgehead atoms. The van der Waals surface area contributed by atoms with E-state index in [1.54, 1.807) is 6.92 Å². The molecule has 0 aliphatic rings. The number of nitrogens with one attached hydrogen (secondary N) is 1. The molecule has 0 unspecified atom stereocenters. The summed E-state index contributed by atoms with van der Waals surface area (Å²) < 4.78 is 30.9. The summed E-state index contributed by atoms with van der Waals surface area (Å²) in [5.74, 6) is -0.722. The predicted octanol–water partition coefficient (Wildman–Crippen LogP) is 0.696. The van der Waals surface area contributed by atoms with Gasteiger partial charge in [-0.3, -0.25) is 0 Å². The van der Waals surface area contributed by atoms with Gasteiger partial charge in [0, 0.05) is 0 Å². The third kappa shape index (κ3) is 4.36. The second-order valence-corrected chi connectivity index (χ2v) is 6.12. The predicted molar refractivity (Wildman–Crippen MR) is 71.9 cm³/mol. The molecule has 9 heteroatoms. The fraction of sp³-hybridized carbons (Fsp3) is 0.250. The molecule has 21 heavy (non-hydrogen) atoms. The summed E-state index contributed by atoms with van der Waals surface area (Å²) in [7, 11) is -3.58. The summed E-state index contributed by atoms with van der Waals surface area (Å²) >= 11 is 0. The van der Waals surface area contributed by atoms with Gasteiger partial charge in [0.05, 0.1) is 17.9 Å². The second kappa shape index (κ2) is 6.02. The molecular weight excluding hydrogens is 298 g/mol. The van der Waals surface area contributed by atoms with Gasteiger partial charge >= 0.3 is 5.97 Å². The Morgan fingerprint density at radius 3 is 2.52 bits per heavy atom. The number of aromatic carboxylic acids is 1. The zero-order valence-electron chi connectivity index (χ0n) is 11.1. The van der Waals surface area contributed by atoms with Crippen molar-refractivity contribution in [1.82, 2.24) is 14.9 Å². The van der Waals surface area contributed by atoms with Gasteiger partial charge in [0.25, 0.3) is 0 Å². The van der Waals surface area contributed by atoms with Crippen LogP contribution in [0.1, 0.15) is 27.6 Å². The van der Waals surface area contributed by atoms with Crippen LogP contribution in [0.2, 0.25) is 0 Å². The molecule has 0 aliphatic carbocycles. The van der Waals surface area contributed by atoms with E-state index < -0.39 is 16.0 Å². The van der Waals surface area contributed by atoms with Crippen molar-refractivity contribution in [2.24, 2.45) is 0 Å². The van der Waals surface area contributed by atoms with Crippen molar-refractivity contribution in [3.05, 3.63) is 47.1 Å². The van der Waals surface area contributed by atoms with Crippen molar-refractivity contribution in [3.8, 4) is 0 Å². The van der Waals surface area contributed by atoms with Gasteiger partial charge in [-0.1, -0.05) is 17.3 Å². The van der Waals surface area contributed by atoms with Crippen molar-refractivity contribution < 1.29 is 22.8 Å². The summed E-state index contributed by atoms with van der Waals surface area (Å²) in [6, 6.07) is 5.63. The Bertz CT molecular complexity index is 737. The van der Waals surface area contributed by atoms with E-state index in [1.807, 2.05) is 0 Å². The van der Waals surface area contributed by atoms with Gasteiger partial charge in [0.15, 0.2) is 5.82 Å². The fourth-order valence-corrected chi connectivity index (χ4v) is 2.67. The molecule has 0 atom stereocenters. The Morgan fingerprint density at radius 1 is 1.33 bits per heavy atom. The molecule has 0 amide bonds. The van der Waals surface area contributed by atoms with Crippen molar-refractivity contribution >= 4 is 16.0 Å². The zero-order chi connectivity index (χ0) is 15.5. The lowest BCUT2D eigenvalue weighted by molar-refractivity contribution is 0.0697. The lowest BCUT2D eigenvalue weighted by Crippen LogP contribution is -2.24. The summed E-state index contributed by atoms with van der Waals surface area (Å²) in [5.41, 5.74) is 0.583. The maximum atomic E-state index is 11.9. The molecule has 2 aromatic rings. The topological polar surface area (TPSA) is 122 Å². The molecular formula is C12H13N3O5S. The Hall–Kier alpha value is -2.26. The summed E-state index contributed by atoms with van der Waals surface area (Å²) in [6.07, 6.45) is 0. The standard InChI is InChI=1S/C12H13N3O5S/c1-8-14-11(20-15-8)6-13-21(18,19)7-9-2-4-10(5-3-9)12(16)17/h2-5,13H,6-7H2,1H3,(H,16,17). The largest absolute Gasteiger partial charge is 0.478 e. The molecule has 0 aliphatic heterocycles. The number of aromatic nitrogens is 2. The second-order valence-electron chi connectivity index (χ2n) is 4.32. The van der Waals surface area contributed by atoms with Crippen LogP contribution in [0.5, 0.6) is 0 Å². The first-order valence-corrected chi connectivity index (χ1v) is 7.60. The van der Waals surface area contributed by atoms with Gasteiger partial charge in [0.2, 0.25) is 15.9 Å². The van der Waals surface area contributed by atoms with Crippen LogP contribution < -0.4 is 4.72 Å². The smallest absolute Gasteiger partial charge is 0.335 e. The number of hydrogen-bond donors (Lipinski definition) is 2. The van der Waals surface area contributed by atoms with Gasteiger partial charge < -0.3 is 9.63 Å². The van der Waals surface area contributed by atoms with E-state index in [-0.39, 0.29) is 23.8 Å². The molecule has 2 N–H and O–H groups in total. The average molecular weight is 311 g/mol. The molecule has 8 nitrogen and oxygen atoms in total. The Labute approximate surface area is 120 Å². The average Bonchev–Trinajstić information content (AvgIpc) is 2.83. The molecule has 0 spiro atoms. The summed E-state index contributed by atoms with van der Waals surface area (Å²) in [4.78, 5) is 14.6. The van der Waals surface area contributed by atoms with Crippen LogP contribution in [0.15, 0.2) is 28.8 Å². The van der Waals surface area contributed by atoms with Crippen molar-refractivity contribution in [2.75, 3.05) is 0 Å². The van der Waals surface area contributed by atoms with Crippen LogP contribution in [-0.4, -0.2) is 29.6 Å². The van der Waals surface area contributed by atoms with Gasteiger partial charge in [-0.15, -0.1) is 0 Å². The van der Waals surface area contributed by atoms with Gasteiger partial charge in [0.1, 0.15) is 0 Å². The van der Waals surface area contributed by atoms with Gasteiger partial charge in [-0.25, -0.2) is 17.9 Å². The highest BCUT2D eigenvalue weighted by atomic mass is 32.2. The highest BCUT2D eigenvalue weighted by Crippen LogP contribution is 2.08. The normalized spacial score (nSPS) is 11.5. The third-order valence-electron chi connectivity index (χ3n) is 2.57. The van der Waals surface area contributed by atoms with Crippen molar-refractivity contribution in [3.63, 3.8) is 0 Å². The van der Waals surface area contributed by atoms with E-state index in [9.17, 15) is 13.2 Å². The van der Waals surface area contributed by atoms with E-state index >= 15 is 0 Å². The summed E-state index contributed by atoms with van der Waals surface area (Å²) in [5, 5.41) is 12.3. The van der Waals surface area contributed by atoms with Crippen LogP contribution in [0, 0.1) is 6.92 Å². The first-order chi connectivity index (χ1) is 9.85. The van der Waals surface area contributed by atoms with Crippen LogP contribution in [0.25, 0.3) is 0 Å². The molecule has 112 valence electrons. The summed E-state index contributed by atoms with van der Waals surface area (Å²) in [6.45, 7) is 1.54. The minimum Gasteiger partial charge on any atom is -0.478 e. The Morgan fingerprint density at radius 2 is 2.00 bits per heavy atom. The van der Waals surface area contributed by atoms with Crippen molar-refractivity contribution in [1.29, 1.82) is 0 Å². The van der Waals surface area contributed by atoms with E-state index in [1.165, 1.54) is 24.3 Å². The number of carboxylic acids is 1. The molecule has 1 aromatic carbocycles. The quantitative estimate of drug-likeness (QED) is 0.804. The molecule has 1 aromatic heterocycles. The Kier molecular flexibility index (Phi) is 4.34. The number of sulfonamides is 1. The van der Waals surface area contributed by atoms with E-state index in [0.29, 0.717) is 11.4 Å². The number of aryl methyl sites for hydroxylation is 1. The molecule has 2 rings (SSSR count). The van der Waals surface area contributed by atoms with E-state index in [0.717, 1.165) is 0 Å². The van der Waals surface area contributed by atoms with Crippen LogP contribution >= 0.6 is 0 Å². The van der Waals surface area contributed by atoms with Crippen LogP contribution in [0.3, 0.4) is 0 Å². The number of nitrogens with zero attached hydrogens (tertiary/aromatic N) is 2. The van der Waals surface area contributed by atoms with Crippen molar-refractivity contribution in [2.45, 2.75) is 19.2 Å². The monoisotopic (exact) mass is 311 g/mol. The number of hydrogen-bond acceptors (Lipinski definition) is 6. The maximum Gasteiger partial charge on any atom is 0.335 e.